The molecule has 14 aromatic rings. The molecule has 0 amide bonds. The van der Waals surface area contributed by atoms with E-state index in [0.29, 0.717) is 0 Å². The number of rotatable bonds is 8. The highest BCUT2D eigenvalue weighted by molar-refractivity contribution is 7.19. The maximum absolute atomic E-state index is 2.80. The van der Waals surface area contributed by atoms with Crippen molar-refractivity contribution in [2.45, 2.75) is 0 Å². The van der Waals surface area contributed by atoms with Gasteiger partial charge in [0, 0.05) is 43.7 Å². The van der Waals surface area contributed by atoms with Gasteiger partial charge in [-0.15, -0.1) is 0 Å². The third kappa shape index (κ3) is 5.87. The smallest absolute Gasteiger partial charge is 0.179 e. The molecule has 70 heavy (non-hydrogen) atoms. The van der Waals surface area contributed by atoms with Crippen molar-refractivity contribution >= 4 is 94.2 Å². The van der Waals surface area contributed by atoms with Crippen molar-refractivity contribution in [3.05, 3.63) is 273 Å². The van der Waals surface area contributed by atoms with E-state index in [0.717, 1.165) is 17.1 Å². The van der Waals surface area contributed by atoms with E-state index in [9.17, 15) is 0 Å². The molecule has 0 radical (unpaired) electrons. The molecule has 14 rings (SSSR count). The van der Waals surface area contributed by atoms with Gasteiger partial charge in [0.1, 0.15) is 0 Å². The third-order valence-electron chi connectivity index (χ3n) is 14.8. The highest BCUT2D eigenvalue weighted by Crippen LogP contribution is 2.45. The first-order chi connectivity index (χ1) is 34.8. The van der Waals surface area contributed by atoms with E-state index in [2.05, 4.69) is 287 Å². The van der Waals surface area contributed by atoms with Crippen molar-refractivity contribution in [1.82, 2.24) is 13.7 Å². The molecule has 0 saturated carbocycles. The zero-order valence-corrected chi connectivity index (χ0v) is 39.3. The lowest BCUT2D eigenvalue weighted by Crippen LogP contribution is -2.74. The predicted molar refractivity (Wildman–Crippen MR) is 299 cm³/mol. The fourth-order valence-electron chi connectivity index (χ4n) is 12.0. The van der Waals surface area contributed by atoms with Gasteiger partial charge < -0.3 is 13.7 Å². The van der Waals surface area contributed by atoms with Crippen LogP contribution in [0.4, 0.5) is 0 Å². The van der Waals surface area contributed by atoms with Crippen molar-refractivity contribution < 1.29 is 0 Å². The normalized spacial score (nSPS) is 12.0. The van der Waals surface area contributed by atoms with E-state index in [1.165, 1.54) is 97.3 Å². The molecular formula is C66H45N3Si. The lowest BCUT2D eigenvalue weighted by molar-refractivity contribution is 1.17. The van der Waals surface area contributed by atoms with Crippen LogP contribution < -0.4 is 20.7 Å². The highest BCUT2D eigenvalue weighted by atomic mass is 28.3. The summed E-state index contributed by atoms with van der Waals surface area (Å²) >= 11 is 0. The molecule has 3 heterocycles. The highest BCUT2D eigenvalue weighted by Gasteiger charge is 2.41. The Balaban J connectivity index is 1.02. The van der Waals surface area contributed by atoms with Gasteiger partial charge in [-0.1, -0.05) is 206 Å². The zero-order valence-electron chi connectivity index (χ0n) is 38.3. The Hall–Kier alpha value is -8.96. The van der Waals surface area contributed by atoms with Crippen LogP contribution in [0.25, 0.3) is 93.6 Å². The van der Waals surface area contributed by atoms with Crippen LogP contribution in [-0.2, 0) is 0 Å². The lowest BCUT2D eigenvalue weighted by atomic mass is 9.95. The number of hydrogen-bond donors (Lipinski definition) is 0. The summed E-state index contributed by atoms with van der Waals surface area (Å²) in [6.45, 7) is 0. The van der Waals surface area contributed by atoms with Gasteiger partial charge in [0.15, 0.2) is 8.07 Å². The van der Waals surface area contributed by atoms with Gasteiger partial charge in [-0.05, 0) is 98.6 Å². The van der Waals surface area contributed by atoms with E-state index in [4.69, 9.17) is 0 Å². The summed E-state index contributed by atoms with van der Waals surface area (Å²) in [4.78, 5) is 0. The first-order valence-corrected chi connectivity index (χ1v) is 26.2. The number of fused-ring (bicyclic) bond motifs is 9. The van der Waals surface area contributed by atoms with Crippen LogP contribution in [0.3, 0.4) is 0 Å². The fourth-order valence-corrected chi connectivity index (χ4v) is 16.8. The second-order valence-electron chi connectivity index (χ2n) is 18.4. The molecule has 0 N–H and O–H groups in total. The van der Waals surface area contributed by atoms with Gasteiger partial charge in [-0.3, -0.25) is 0 Å². The molecule has 0 bridgehead atoms. The van der Waals surface area contributed by atoms with Crippen LogP contribution in [-0.4, -0.2) is 21.8 Å². The Morgan fingerprint density at radius 3 is 1.10 bits per heavy atom. The van der Waals surface area contributed by atoms with E-state index in [1.807, 2.05) is 0 Å². The van der Waals surface area contributed by atoms with Crippen LogP contribution in [0.1, 0.15) is 0 Å². The molecule has 0 spiro atoms. The van der Waals surface area contributed by atoms with E-state index in [1.54, 1.807) is 0 Å². The van der Waals surface area contributed by atoms with Gasteiger partial charge in [-0.2, -0.15) is 0 Å². The second kappa shape index (κ2) is 16.1. The molecule has 0 aliphatic heterocycles. The summed E-state index contributed by atoms with van der Waals surface area (Å²) in [5.74, 6) is 0. The summed E-state index contributed by atoms with van der Waals surface area (Å²) in [6.07, 6.45) is 0. The van der Waals surface area contributed by atoms with Crippen molar-refractivity contribution in [3.63, 3.8) is 0 Å². The average Bonchev–Trinajstić information content (AvgIpc) is 4.09. The molecule has 0 aliphatic carbocycles. The van der Waals surface area contributed by atoms with E-state index in [-0.39, 0.29) is 0 Å². The summed E-state index contributed by atoms with van der Waals surface area (Å²) in [5.41, 5.74) is 13.0. The first-order valence-electron chi connectivity index (χ1n) is 24.2. The monoisotopic (exact) mass is 907 g/mol. The molecule has 0 fully saturated rings. The van der Waals surface area contributed by atoms with Crippen LogP contribution in [0, 0.1) is 0 Å². The summed E-state index contributed by atoms with van der Waals surface area (Å²) in [5, 5.41) is 12.8. The number of hydrogen-bond acceptors (Lipinski definition) is 0. The minimum absolute atomic E-state index is 1.15. The number of aromatic nitrogens is 3. The molecule has 0 aliphatic rings. The number of benzene rings is 11. The quantitative estimate of drug-likeness (QED) is 0.107. The van der Waals surface area contributed by atoms with Crippen molar-refractivity contribution in [2.24, 2.45) is 0 Å². The predicted octanol–water partition coefficient (Wildman–Crippen LogP) is 14.0. The van der Waals surface area contributed by atoms with Crippen LogP contribution in [0.2, 0.25) is 0 Å². The van der Waals surface area contributed by atoms with Gasteiger partial charge in [0.05, 0.1) is 38.8 Å². The van der Waals surface area contributed by atoms with Crippen LogP contribution in [0.5, 0.6) is 0 Å². The van der Waals surface area contributed by atoms with Crippen molar-refractivity contribution in [2.75, 3.05) is 0 Å². The van der Waals surface area contributed by atoms with E-state index >= 15 is 0 Å². The fraction of sp³-hybridized carbons (Fsp3) is 0. The third-order valence-corrected chi connectivity index (χ3v) is 19.5. The standard InChI is InChI=1S/C66H45N3Si/c1-5-23-46(24-6-1)67-57-38-16-13-33-54(57)64-52(36-20-41-60(64)67)53-37-21-42-61-65(53)55-34-14-18-40-59(55)69(61)63-44-22-43-62-66(63)56-35-15-17-39-58(56)68(62)47-25-19-32-51(45-47)70(48-26-7-2-8-27-48,49-28-9-3-10-29-49)50-30-11-4-12-31-50/h1-45H. The van der Waals surface area contributed by atoms with Gasteiger partial charge >= 0.3 is 0 Å². The molecular weight excluding hydrogens is 863 g/mol. The Morgan fingerprint density at radius 1 is 0.229 bits per heavy atom. The van der Waals surface area contributed by atoms with Crippen molar-refractivity contribution in [3.8, 4) is 28.2 Å². The molecule has 3 aromatic heterocycles. The number of nitrogens with zero attached hydrogens (tertiary/aromatic N) is 3. The molecule has 0 atom stereocenters. The minimum Gasteiger partial charge on any atom is -0.309 e. The Bertz CT molecular complexity index is 4180. The summed E-state index contributed by atoms with van der Waals surface area (Å²) in [7, 11) is -2.80. The molecule has 3 nitrogen and oxygen atoms in total. The Labute approximate surface area is 407 Å². The SMILES string of the molecule is c1ccc(-n2c3ccccc3c3c(-c4cccc5c4c4ccccc4n5-c4cccc5c4c4ccccc4n5-c4cccc([Si](c5ccccc5)(c5ccccc5)c5ccccc5)c4)cccc32)cc1. The zero-order chi connectivity index (χ0) is 46.2. The maximum Gasteiger partial charge on any atom is 0.179 e. The maximum atomic E-state index is 2.52. The van der Waals surface area contributed by atoms with Crippen LogP contribution in [0.15, 0.2) is 273 Å². The molecule has 0 saturated heterocycles. The topological polar surface area (TPSA) is 14.8 Å². The average molecular weight is 908 g/mol. The van der Waals surface area contributed by atoms with Gasteiger partial charge in [0.2, 0.25) is 0 Å². The Morgan fingerprint density at radius 2 is 0.571 bits per heavy atom. The van der Waals surface area contributed by atoms with Gasteiger partial charge in [-0.25, -0.2) is 0 Å². The summed E-state index contributed by atoms with van der Waals surface area (Å²) in [6, 6.07) is 101. The lowest BCUT2D eigenvalue weighted by Gasteiger charge is -2.34. The molecule has 0 unspecified atom stereocenters. The van der Waals surface area contributed by atoms with Gasteiger partial charge in [0.25, 0.3) is 0 Å². The molecule has 4 heteroatoms. The molecule has 11 aromatic carbocycles. The Kier molecular flexibility index (Phi) is 9.23. The van der Waals surface area contributed by atoms with Crippen LogP contribution >= 0.6 is 0 Å². The number of para-hydroxylation sites is 4. The van der Waals surface area contributed by atoms with E-state index < -0.39 is 8.07 Å². The second-order valence-corrected chi connectivity index (χ2v) is 22.2. The summed E-state index contributed by atoms with van der Waals surface area (Å²) < 4.78 is 7.44. The first kappa shape index (κ1) is 40.1. The molecule has 328 valence electrons. The van der Waals surface area contributed by atoms with Crippen molar-refractivity contribution in [1.29, 1.82) is 0 Å². The largest absolute Gasteiger partial charge is 0.309 e. The minimum atomic E-state index is -2.80.